The highest BCUT2D eigenvalue weighted by Gasteiger charge is 2.28. The maximum atomic E-state index is 12.2. The molecule has 1 amide bonds. The molecule has 0 saturated carbocycles. The van der Waals surface area contributed by atoms with E-state index in [0.29, 0.717) is 12.3 Å². The van der Waals surface area contributed by atoms with Gasteiger partial charge in [-0.3, -0.25) is 14.8 Å². The Morgan fingerprint density at radius 3 is 2.96 bits per heavy atom. The normalized spacial score (nSPS) is 19.8. The lowest BCUT2D eigenvalue weighted by atomic mass is 10.1. The van der Waals surface area contributed by atoms with Crippen molar-refractivity contribution >= 4 is 5.91 Å². The van der Waals surface area contributed by atoms with Crippen molar-refractivity contribution in [2.24, 2.45) is 0 Å². The van der Waals surface area contributed by atoms with Crippen LogP contribution in [0, 0.1) is 0 Å². The number of morpholine rings is 1. The number of rotatable bonds is 6. The van der Waals surface area contributed by atoms with Crippen molar-refractivity contribution in [2.75, 3.05) is 19.7 Å². The molecule has 6 nitrogen and oxygen atoms in total. The smallest absolute Gasteiger partial charge is 0.269 e. The summed E-state index contributed by atoms with van der Waals surface area (Å²) in [5, 5.41) is 9.58. The van der Waals surface area contributed by atoms with E-state index in [2.05, 4.69) is 51.6 Å². The van der Waals surface area contributed by atoms with E-state index in [1.165, 1.54) is 5.56 Å². The molecule has 1 fully saturated rings. The third-order valence-corrected chi connectivity index (χ3v) is 4.38. The SMILES string of the molecule is CC[C@H](NC(=O)c1ccn[nH]1)[C@@H]1CN(Cc2ccccc2)CCO1. The number of aromatic nitrogens is 2. The lowest BCUT2D eigenvalue weighted by Gasteiger charge is -2.37. The van der Waals surface area contributed by atoms with Crippen molar-refractivity contribution in [3.8, 4) is 0 Å². The second-order valence-electron chi connectivity index (χ2n) is 6.09. The molecule has 6 heteroatoms. The van der Waals surface area contributed by atoms with Crippen LogP contribution >= 0.6 is 0 Å². The fraction of sp³-hybridized carbons (Fsp3) is 0.444. The largest absolute Gasteiger partial charge is 0.373 e. The topological polar surface area (TPSA) is 70.2 Å². The Bertz CT molecular complexity index is 630. The zero-order valence-electron chi connectivity index (χ0n) is 13.9. The molecule has 128 valence electrons. The van der Waals surface area contributed by atoms with Gasteiger partial charge in [0.05, 0.1) is 18.8 Å². The molecule has 1 saturated heterocycles. The van der Waals surface area contributed by atoms with E-state index in [4.69, 9.17) is 4.74 Å². The van der Waals surface area contributed by atoms with Crippen LogP contribution in [0.3, 0.4) is 0 Å². The molecule has 24 heavy (non-hydrogen) atoms. The number of carbonyl (C=O) groups excluding carboxylic acids is 1. The van der Waals surface area contributed by atoms with Gasteiger partial charge in [0.25, 0.3) is 5.91 Å². The van der Waals surface area contributed by atoms with Crippen LogP contribution in [0.2, 0.25) is 0 Å². The molecule has 1 aliphatic rings. The van der Waals surface area contributed by atoms with Gasteiger partial charge in [-0.25, -0.2) is 0 Å². The van der Waals surface area contributed by atoms with Crippen molar-refractivity contribution in [3.05, 3.63) is 53.9 Å². The van der Waals surface area contributed by atoms with Crippen LogP contribution < -0.4 is 5.32 Å². The fourth-order valence-electron chi connectivity index (χ4n) is 3.05. The van der Waals surface area contributed by atoms with Crippen molar-refractivity contribution in [2.45, 2.75) is 32.0 Å². The average molecular weight is 328 g/mol. The van der Waals surface area contributed by atoms with Gasteiger partial charge in [-0.05, 0) is 18.1 Å². The zero-order valence-corrected chi connectivity index (χ0v) is 13.9. The Labute approximate surface area is 142 Å². The molecular formula is C18H24N4O2. The monoisotopic (exact) mass is 328 g/mol. The number of aromatic amines is 1. The predicted molar refractivity (Wildman–Crippen MR) is 91.6 cm³/mol. The number of benzene rings is 1. The molecule has 0 aliphatic carbocycles. The molecule has 1 aliphatic heterocycles. The summed E-state index contributed by atoms with van der Waals surface area (Å²) in [7, 11) is 0. The minimum atomic E-state index is -0.136. The van der Waals surface area contributed by atoms with Gasteiger partial charge in [-0.2, -0.15) is 5.10 Å². The Balaban J connectivity index is 1.58. The molecule has 1 aromatic carbocycles. The van der Waals surface area contributed by atoms with Crippen LogP contribution in [0.5, 0.6) is 0 Å². The first kappa shape index (κ1) is 16.7. The Kier molecular flexibility index (Phi) is 5.61. The van der Waals surface area contributed by atoms with E-state index in [1.54, 1.807) is 12.3 Å². The van der Waals surface area contributed by atoms with E-state index < -0.39 is 0 Å². The molecule has 0 spiro atoms. The summed E-state index contributed by atoms with van der Waals surface area (Å²) in [5.74, 6) is -0.136. The number of hydrogen-bond donors (Lipinski definition) is 2. The maximum absolute atomic E-state index is 12.2. The molecule has 2 N–H and O–H groups in total. The second-order valence-corrected chi connectivity index (χ2v) is 6.09. The van der Waals surface area contributed by atoms with Gasteiger partial charge in [-0.15, -0.1) is 0 Å². The summed E-state index contributed by atoms with van der Waals surface area (Å²) < 4.78 is 5.93. The summed E-state index contributed by atoms with van der Waals surface area (Å²) in [6.45, 7) is 5.39. The van der Waals surface area contributed by atoms with Gasteiger partial charge < -0.3 is 10.1 Å². The van der Waals surface area contributed by atoms with Crippen LogP contribution in [0.25, 0.3) is 0 Å². The van der Waals surface area contributed by atoms with Crippen molar-refractivity contribution in [1.29, 1.82) is 0 Å². The number of carbonyl (C=O) groups is 1. The molecule has 0 unspecified atom stereocenters. The van der Waals surface area contributed by atoms with Crippen molar-refractivity contribution < 1.29 is 9.53 Å². The van der Waals surface area contributed by atoms with Gasteiger partial charge >= 0.3 is 0 Å². The van der Waals surface area contributed by atoms with Crippen LogP contribution in [0.15, 0.2) is 42.6 Å². The molecule has 0 bridgehead atoms. The molecule has 0 radical (unpaired) electrons. The summed E-state index contributed by atoms with van der Waals surface area (Å²) in [6, 6.07) is 12.1. The van der Waals surface area contributed by atoms with Crippen LogP contribution in [-0.4, -0.2) is 52.8 Å². The predicted octanol–water partition coefficient (Wildman–Crippen LogP) is 1.82. The molecule has 1 aromatic heterocycles. The first-order valence-electron chi connectivity index (χ1n) is 8.44. The highest BCUT2D eigenvalue weighted by atomic mass is 16.5. The van der Waals surface area contributed by atoms with E-state index in [0.717, 1.165) is 26.1 Å². The number of nitrogens with zero attached hydrogens (tertiary/aromatic N) is 2. The first-order valence-corrected chi connectivity index (χ1v) is 8.44. The van der Waals surface area contributed by atoms with Gasteiger partial charge in [0.15, 0.2) is 0 Å². The van der Waals surface area contributed by atoms with Crippen LogP contribution in [-0.2, 0) is 11.3 Å². The third kappa shape index (κ3) is 4.21. The third-order valence-electron chi connectivity index (χ3n) is 4.38. The molecular weight excluding hydrogens is 304 g/mol. The van der Waals surface area contributed by atoms with E-state index in [-0.39, 0.29) is 18.1 Å². The van der Waals surface area contributed by atoms with Crippen molar-refractivity contribution in [1.82, 2.24) is 20.4 Å². The minimum Gasteiger partial charge on any atom is -0.373 e. The van der Waals surface area contributed by atoms with Crippen molar-refractivity contribution in [3.63, 3.8) is 0 Å². The highest BCUT2D eigenvalue weighted by molar-refractivity contribution is 5.92. The minimum absolute atomic E-state index is 0.000617. The molecule has 2 atom stereocenters. The zero-order chi connectivity index (χ0) is 16.8. The molecule has 3 rings (SSSR count). The lowest BCUT2D eigenvalue weighted by molar-refractivity contribution is -0.0483. The standard InChI is InChI=1S/C18H24N4O2/c1-2-15(20-18(23)16-8-9-19-21-16)17-13-22(10-11-24-17)12-14-6-4-3-5-7-14/h3-9,15,17H,2,10-13H2,1H3,(H,19,21)(H,20,23)/t15-,17-/m0/s1. The Morgan fingerprint density at radius 1 is 1.42 bits per heavy atom. The average Bonchev–Trinajstić information content (AvgIpc) is 3.15. The number of ether oxygens (including phenoxy) is 1. The molecule has 2 heterocycles. The Morgan fingerprint density at radius 2 is 2.25 bits per heavy atom. The quantitative estimate of drug-likeness (QED) is 0.848. The van der Waals surface area contributed by atoms with Crippen LogP contribution in [0.1, 0.15) is 29.4 Å². The summed E-state index contributed by atoms with van der Waals surface area (Å²) in [6.07, 6.45) is 2.40. The summed E-state index contributed by atoms with van der Waals surface area (Å²) >= 11 is 0. The number of nitrogens with one attached hydrogen (secondary N) is 2. The van der Waals surface area contributed by atoms with Gasteiger partial charge in [0, 0.05) is 25.8 Å². The van der Waals surface area contributed by atoms with Gasteiger partial charge in [0.1, 0.15) is 5.69 Å². The van der Waals surface area contributed by atoms with Gasteiger partial charge in [-0.1, -0.05) is 37.3 Å². The maximum Gasteiger partial charge on any atom is 0.269 e. The second kappa shape index (κ2) is 8.08. The number of H-pyrrole nitrogens is 1. The number of hydrogen-bond acceptors (Lipinski definition) is 4. The Hall–Kier alpha value is -2.18. The molecule has 2 aromatic rings. The van der Waals surface area contributed by atoms with Gasteiger partial charge in [0.2, 0.25) is 0 Å². The summed E-state index contributed by atoms with van der Waals surface area (Å²) in [5.41, 5.74) is 1.78. The summed E-state index contributed by atoms with van der Waals surface area (Å²) in [4.78, 5) is 14.6. The lowest BCUT2D eigenvalue weighted by Crippen LogP contribution is -2.53. The van der Waals surface area contributed by atoms with E-state index >= 15 is 0 Å². The fourth-order valence-corrected chi connectivity index (χ4v) is 3.05. The van der Waals surface area contributed by atoms with Crippen LogP contribution in [0.4, 0.5) is 0 Å². The number of amides is 1. The van der Waals surface area contributed by atoms with E-state index in [9.17, 15) is 4.79 Å². The van der Waals surface area contributed by atoms with E-state index in [1.807, 2.05) is 6.07 Å². The highest BCUT2D eigenvalue weighted by Crippen LogP contribution is 2.15. The first-order chi connectivity index (χ1) is 11.8.